The number of hydrogen-bond donors (Lipinski definition) is 6. The second-order valence-corrected chi connectivity index (χ2v) is 6.63. The smallest absolute Gasteiger partial charge is 0.123 e. The Morgan fingerprint density at radius 1 is 0.680 bits per heavy atom. The van der Waals surface area contributed by atoms with Crippen LogP contribution in [0.1, 0.15) is 17.5 Å². The van der Waals surface area contributed by atoms with E-state index in [-0.39, 0.29) is 30.8 Å². The van der Waals surface area contributed by atoms with Crippen LogP contribution in [0, 0.1) is 0 Å². The Kier molecular flexibility index (Phi) is 4.96. The number of aromatic hydroxyl groups is 2. The summed E-state index contributed by atoms with van der Waals surface area (Å²) in [4.78, 5) is 0. The first kappa shape index (κ1) is 17.7. The van der Waals surface area contributed by atoms with Gasteiger partial charge >= 0.3 is 0 Å². The van der Waals surface area contributed by atoms with Crippen LogP contribution in [-0.2, 0) is 12.8 Å². The topological polar surface area (TPSA) is 121 Å². The van der Waals surface area contributed by atoms with E-state index in [1.807, 2.05) is 0 Å². The Bertz CT molecular complexity index is 760. The summed E-state index contributed by atoms with van der Waals surface area (Å²) in [5.41, 5.74) is 2.16. The van der Waals surface area contributed by atoms with Crippen LogP contribution in [-0.4, -0.2) is 55.1 Å². The number of aliphatic hydroxyl groups excluding tert-OH is 4. The first-order valence-corrected chi connectivity index (χ1v) is 8.21. The number of aliphatic hydroxyl groups is 4. The second-order valence-electron chi connectivity index (χ2n) is 6.63. The highest BCUT2D eigenvalue weighted by molar-refractivity contribution is 5.76. The number of benzene rings is 2. The molecule has 3 rings (SSSR count). The zero-order valence-electron chi connectivity index (χ0n) is 13.6. The van der Waals surface area contributed by atoms with E-state index in [2.05, 4.69) is 0 Å². The van der Waals surface area contributed by atoms with Crippen LogP contribution >= 0.6 is 0 Å². The van der Waals surface area contributed by atoms with Crippen LogP contribution in [0.15, 0.2) is 36.4 Å². The van der Waals surface area contributed by atoms with Crippen LogP contribution in [0.3, 0.4) is 0 Å². The normalized spacial score (nSPS) is 27.0. The Balaban J connectivity index is 2.12. The van der Waals surface area contributed by atoms with Gasteiger partial charge in [0, 0.05) is 24.0 Å². The molecule has 4 bridgehead atoms. The van der Waals surface area contributed by atoms with E-state index in [1.54, 1.807) is 24.3 Å². The molecule has 4 atom stereocenters. The zero-order valence-corrected chi connectivity index (χ0v) is 13.6. The van der Waals surface area contributed by atoms with Gasteiger partial charge in [-0.2, -0.15) is 0 Å². The molecule has 6 N–H and O–H groups in total. The van der Waals surface area contributed by atoms with E-state index in [4.69, 9.17) is 0 Å². The molecule has 0 fully saturated rings. The van der Waals surface area contributed by atoms with Crippen molar-refractivity contribution in [3.8, 4) is 22.6 Å². The van der Waals surface area contributed by atoms with E-state index in [0.717, 1.165) is 0 Å². The molecule has 0 spiro atoms. The van der Waals surface area contributed by atoms with Gasteiger partial charge < -0.3 is 30.6 Å². The van der Waals surface area contributed by atoms with Gasteiger partial charge in [0.1, 0.15) is 17.6 Å². The molecule has 25 heavy (non-hydrogen) atoms. The molecule has 1 aliphatic carbocycles. The van der Waals surface area contributed by atoms with Gasteiger partial charge in [0.25, 0.3) is 0 Å². The first-order chi connectivity index (χ1) is 11.8. The maximum Gasteiger partial charge on any atom is 0.123 e. The maximum absolute atomic E-state index is 10.2. The van der Waals surface area contributed by atoms with Crippen molar-refractivity contribution in [3.63, 3.8) is 0 Å². The number of rotatable bonds is 0. The molecule has 0 saturated heterocycles. The van der Waals surface area contributed by atoms with Crippen molar-refractivity contribution in [1.82, 2.24) is 0 Å². The van der Waals surface area contributed by atoms with Gasteiger partial charge in [0.2, 0.25) is 0 Å². The summed E-state index contributed by atoms with van der Waals surface area (Å²) in [7, 11) is 0. The number of phenols is 2. The van der Waals surface area contributed by atoms with Gasteiger partial charge in [-0.1, -0.05) is 12.1 Å². The van der Waals surface area contributed by atoms with E-state index in [1.165, 1.54) is 12.1 Å². The third-order valence-electron chi connectivity index (χ3n) is 4.63. The highest BCUT2D eigenvalue weighted by atomic mass is 16.4. The predicted octanol–water partition coefficient (Wildman–Crippen LogP) is 0.697. The monoisotopic (exact) mass is 346 g/mol. The summed E-state index contributed by atoms with van der Waals surface area (Å²) < 4.78 is 0. The van der Waals surface area contributed by atoms with E-state index < -0.39 is 24.4 Å². The molecule has 6 heteroatoms. The number of phenolic OH excluding ortho intramolecular Hbond substituents is 2. The molecule has 2 aromatic rings. The number of hydrogen-bond acceptors (Lipinski definition) is 6. The standard InChI is InChI=1S/C19H22O6/c20-12-5-10-1-3-15(21)13(6-10)14-7-11(2-4-16(14)22)8-17(23)19(25)18(24)9-12/h1-4,6-7,12,17-25H,5,8-9H2/t12-,17-,18-,19+/m0/s1. The van der Waals surface area contributed by atoms with Crippen molar-refractivity contribution < 1.29 is 30.6 Å². The molecule has 2 aromatic carbocycles. The molecular weight excluding hydrogens is 324 g/mol. The van der Waals surface area contributed by atoms with E-state index >= 15 is 0 Å². The summed E-state index contributed by atoms with van der Waals surface area (Å²) in [6.07, 6.45) is -4.64. The molecule has 0 saturated carbocycles. The Labute approximate surface area is 145 Å². The lowest BCUT2D eigenvalue weighted by Gasteiger charge is -2.24. The quantitative estimate of drug-likeness (QED) is 0.418. The molecule has 6 nitrogen and oxygen atoms in total. The van der Waals surface area contributed by atoms with Gasteiger partial charge in [0.05, 0.1) is 18.3 Å². The fraction of sp³-hybridized carbons (Fsp3) is 0.368. The fourth-order valence-electron chi connectivity index (χ4n) is 3.24. The number of fused-ring (bicyclic) bond motifs is 5. The fourth-order valence-corrected chi connectivity index (χ4v) is 3.24. The molecule has 0 heterocycles. The zero-order chi connectivity index (χ0) is 18.1. The Morgan fingerprint density at radius 2 is 1.20 bits per heavy atom. The van der Waals surface area contributed by atoms with Crippen molar-refractivity contribution >= 4 is 0 Å². The van der Waals surface area contributed by atoms with Crippen LogP contribution in [0.2, 0.25) is 0 Å². The Hall–Kier alpha value is -2.12. The maximum atomic E-state index is 10.2. The van der Waals surface area contributed by atoms with Crippen LogP contribution in [0.25, 0.3) is 11.1 Å². The molecule has 0 aromatic heterocycles. The lowest BCUT2D eigenvalue weighted by Crippen LogP contribution is -2.40. The molecule has 0 unspecified atom stereocenters. The molecule has 1 aliphatic rings. The SMILES string of the molecule is Oc1ccc2cc1-c1cc(ccc1O)C[C@H](O)[C@@H](O)[C@@H](O)C[C@@H](O)C2. The van der Waals surface area contributed by atoms with E-state index in [9.17, 15) is 30.6 Å². The van der Waals surface area contributed by atoms with Crippen LogP contribution in [0.5, 0.6) is 11.5 Å². The van der Waals surface area contributed by atoms with Crippen molar-refractivity contribution in [2.24, 2.45) is 0 Å². The van der Waals surface area contributed by atoms with Crippen molar-refractivity contribution in [3.05, 3.63) is 47.5 Å². The second kappa shape index (κ2) is 7.01. The van der Waals surface area contributed by atoms with Gasteiger partial charge in [-0.15, -0.1) is 0 Å². The van der Waals surface area contributed by atoms with Crippen molar-refractivity contribution in [2.75, 3.05) is 0 Å². The summed E-state index contributed by atoms with van der Waals surface area (Å²) >= 11 is 0. The minimum Gasteiger partial charge on any atom is -0.507 e. The third-order valence-corrected chi connectivity index (χ3v) is 4.63. The summed E-state index contributed by atoms with van der Waals surface area (Å²) in [6, 6.07) is 9.51. The Morgan fingerprint density at radius 3 is 1.76 bits per heavy atom. The van der Waals surface area contributed by atoms with Gasteiger partial charge in [-0.3, -0.25) is 0 Å². The van der Waals surface area contributed by atoms with Gasteiger partial charge in [-0.25, -0.2) is 0 Å². The van der Waals surface area contributed by atoms with Crippen LogP contribution < -0.4 is 0 Å². The molecule has 134 valence electrons. The lowest BCUT2D eigenvalue weighted by molar-refractivity contribution is -0.0727. The van der Waals surface area contributed by atoms with Crippen molar-refractivity contribution in [2.45, 2.75) is 43.7 Å². The molecule has 0 radical (unpaired) electrons. The molecule has 0 amide bonds. The molecule has 0 aliphatic heterocycles. The summed E-state index contributed by atoms with van der Waals surface area (Å²) in [5, 5.41) is 60.8. The van der Waals surface area contributed by atoms with Gasteiger partial charge in [0.15, 0.2) is 0 Å². The van der Waals surface area contributed by atoms with Gasteiger partial charge in [-0.05, 0) is 41.8 Å². The lowest BCUT2D eigenvalue weighted by atomic mass is 9.95. The van der Waals surface area contributed by atoms with Crippen molar-refractivity contribution in [1.29, 1.82) is 0 Å². The third kappa shape index (κ3) is 3.77. The highest BCUT2D eigenvalue weighted by Gasteiger charge is 2.28. The summed E-state index contributed by atoms with van der Waals surface area (Å²) in [5.74, 6) is -0.0390. The average Bonchev–Trinajstić information content (AvgIpc) is 2.57. The predicted molar refractivity (Wildman–Crippen MR) is 91.3 cm³/mol. The average molecular weight is 346 g/mol. The minimum atomic E-state index is -1.40. The molecular formula is C19H22O6. The summed E-state index contributed by atoms with van der Waals surface area (Å²) in [6.45, 7) is 0. The van der Waals surface area contributed by atoms with E-state index in [0.29, 0.717) is 22.3 Å². The highest BCUT2D eigenvalue weighted by Crippen LogP contribution is 2.37. The van der Waals surface area contributed by atoms with Crippen LogP contribution in [0.4, 0.5) is 0 Å². The first-order valence-electron chi connectivity index (χ1n) is 8.21. The minimum absolute atomic E-state index is 0.0128. The largest absolute Gasteiger partial charge is 0.507 e.